The highest BCUT2D eigenvalue weighted by Gasteiger charge is 2.20. The summed E-state index contributed by atoms with van der Waals surface area (Å²) < 4.78 is 5.10. The summed E-state index contributed by atoms with van der Waals surface area (Å²) in [4.78, 5) is 37.8. The van der Waals surface area contributed by atoms with Crippen molar-refractivity contribution in [3.63, 3.8) is 0 Å². The van der Waals surface area contributed by atoms with Crippen molar-refractivity contribution in [3.8, 4) is 0 Å². The summed E-state index contributed by atoms with van der Waals surface area (Å²) in [6.07, 6.45) is 0.681. The maximum absolute atomic E-state index is 12.2. The van der Waals surface area contributed by atoms with Crippen LogP contribution < -0.4 is 10.6 Å². The van der Waals surface area contributed by atoms with E-state index in [1.165, 1.54) is 24.3 Å². The van der Waals surface area contributed by atoms with Crippen LogP contribution in [0.25, 0.3) is 10.4 Å². The number of carbonyl (C=O) groups excluding carboxylic acids is 2. The molecule has 152 valence electrons. The number of hydrogen-bond donors (Lipinski definition) is 3. The number of benzene rings is 1. The summed E-state index contributed by atoms with van der Waals surface area (Å²) in [7, 11) is 0. The van der Waals surface area contributed by atoms with Crippen LogP contribution in [0.4, 0.5) is 10.5 Å². The van der Waals surface area contributed by atoms with Crippen molar-refractivity contribution in [1.29, 1.82) is 0 Å². The van der Waals surface area contributed by atoms with Gasteiger partial charge in [0, 0.05) is 22.7 Å². The Morgan fingerprint density at radius 2 is 2.00 bits per heavy atom. The van der Waals surface area contributed by atoms with Gasteiger partial charge in [0.05, 0.1) is 0 Å². The average Bonchev–Trinajstić information content (AvgIpc) is 2.59. The van der Waals surface area contributed by atoms with Crippen molar-refractivity contribution in [1.82, 2.24) is 10.6 Å². The van der Waals surface area contributed by atoms with Crippen LogP contribution >= 0.6 is 0 Å². The molecule has 10 heteroatoms. The normalized spacial score (nSPS) is 11.7. The lowest BCUT2D eigenvalue weighted by atomic mass is 10.1. The molecule has 0 bridgehead atoms. The molecular weight excluding hydrogens is 366 g/mol. The van der Waals surface area contributed by atoms with Crippen LogP contribution in [0.1, 0.15) is 50.4 Å². The van der Waals surface area contributed by atoms with Crippen LogP contribution in [-0.4, -0.2) is 41.3 Å². The minimum atomic E-state index is -1.15. The van der Waals surface area contributed by atoms with E-state index in [2.05, 4.69) is 20.7 Å². The molecule has 28 heavy (non-hydrogen) atoms. The standard InChI is InChI=1S/C18H25N5O5/c1-18(2,3)28-17(27)20-10-5-4-9-14(16(25)26)21-15(24)12-7-6-8-13(11-12)22-23-19/h6-8,11,14H,4-5,9-10H2,1-3H3,(H,20,27)(H,21,24)(H,25,26). The number of alkyl carbamates (subject to hydrolysis) is 1. The molecule has 1 rings (SSSR count). The van der Waals surface area contributed by atoms with E-state index in [9.17, 15) is 19.5 Å². The average molecular weight is 391 g/mol. The monoisotopic (exact) mass is 391 g/mol. The van der Waals surface area contributed by atoms with Gasteiger partial charge in [0.2, 0.25) is 0 Å². The summed E-state index contributed by atoms with van der Waals surface area (Å²) in [6, 6.07) is 4.87. The highest BCUT2D eigenvalue weighted by atomic mass is 16.6. The lowest BCUT2D eigenvalue weighted by Crippen LogP contribution is -2.40. The van der Waals surface area contributed by atoms with E-state index in [1.54, 1.807) is 20.8 Å². The summed E-state index contributed by atoms with van der Waals surface area (Å²) in [6.45, 7) is 5.61. The molecule has 0 fully saturated rings. The second kappa shape index (κ2) is 10.8. The van der Waals surface area contributed by atoms with Crippen LogP contribution in [0.5, 0.6) is 0 Å². The molecule has 1 unspecified atom stereocenters. The van der Waals surface area contributed by atoms with Crippen molar-refractivity contribution in [2.75, 3.05) is 6.54 Å². The Labute approximate surface area is 162 Å². The van der Waals surface area contributed by atoms with Crippen LogP contribution in [-0.2, 0) is 9.53 Å². The topological polar surface area (TPSA) is 153 Å². The number of nitrogens with one attached hydrogen (secondary N) is 2. The Morgan fingerprint density at radius 3 is 2.61 bits per heavy atom. The molecule has 0 aliphatic carbocycles. The molecule has 0 heterocycles. The van der Waals surface area contributed by atoms with E-state index in [0.29, 0.717) is 19.4 Å². The minimum Gasteiger partial charge on any atom is -0.480 e. The zero-order valence-corrected chi connectivity index (χ0v) is 16.1. The largest absolute Gasteiger partial charge is 0.480 e. The van der Waals surface area contributed by atoms with E-state index in [4.69, 9.17) is 10.3 Å². The number of rotatable bonds is 9. The first-order valence-electron chi connectivity index (χ1n) is 8.78. The van der Waals surface area contributed by atoms with Gasteiger partial charge in [-0.25, -0.2) is 9.59 Å². The molecular formula is C18H25N5O5. The fourth-order valence-electron chi connectivity index (χ4n) is 2.24. The molecule has 0 aliphatic heterocycles. The molecule has 1 atom stereocenters. The van der Waals surface area contributed by atoms with Crippen LogP contribution in [0.2, 0.25) is 0 Å². The number of nitrogens with zero attached hydrogens (tertiary/aromatic N) is 3. The highest BCUT2D eigenvalue weighted by molar-refractivity contribution is 5.97. The van der Waals surface area contributed by atoms with Crippen molar-refractivity contribution in [3.05, 3.63) is 40.3 Å². The van der Waals surface area contributed by atoms with Gasteiger partial charge in [-0.1, -0.05) is 17.2 Å². The number of unbranched alkanes of at least 4 members (excludes halogenated alkanes) is 1. The van der Waals surface area contributed by atoms with Gasteiger partial charge < -0.3 is 20.5 Å². The maximum Gasteiger partial charge on any atom is 0.407 e. The highest BCUT2D eigenvalue weighted by Crippen LogP contribution is 2.14. The minimum absolute atomic E-state index is 0.197. The number of ether oxygens (including phenoxy) is 1. The number of hydrogen-bond acceptors (Lipinski definition) is 5. The van der Waals surface area contributed by atoms with Gasteiger partial charge in [0.15, 0.2) is 0 Å². The molecule has 2 amide bonds. The number of aliphatic carboxylic acids is 1. The van der Waals surface area contributed by atoms with Gasteiger partial charge >= 0.3 is 12.1 Å². The van der Waals surface area contributed by atoms with Gasteiger partial charge in [0.1, 0.15) is 11.6 Å². The Bertz CT molecular complexity index is 753. The zero-order chi connectivity index (χ0) is 21.2. The SMILES string of the molecule is CC(C)(C)OC(=O)NCCCCC(NC(=O)c1cccc(N=[N+]=[N-])c1)C(=O)O. The Balaban J connectivity index is 2.48. The van der Waals surface area contributed by atoms with E-state index < -0.39 is 29.6 Å². The van der Waals surface area contributed by atoms with Crippen molar-refractivity contribution in [2.45, 2.75) is 51.7 Å². The first-order valence-corrected chi connectivity index (χ1v) is 8.78. The molecule has 0 saturated heterocycles. The van der Waals surface area contributed by atoms with Crippen LogP contribution in [0.15, 0.2) is 29.4 Å². The molecule has 0 saturated carbocycles. The first-order chi connectivity index (χ1) is 13.1. The lowest BCUT2D eigenvalue weighted by molar-refractivity contribution is -0.139. The third kappa shape index (κ3) is 8.91. The van der Waals surface area contributed by atoms with E-state index in [1.807, 2.05) is 0 Å². The Hall–Kier alpha value is -3.26. The summed E-state index contributed by atoms with van der Waals surface area (Å²) in [5.41, 5.74) is 8.32. The number of azide groups is 1. The van der Waals surface area contributed by atoms with Crippen molar-refractivity contribution < 1.29 is 24.2 Å². The van der Waals surface area contributed by atoms with Crippen molar-refractivity contribution >= 4 is 23.7 Å². The van der Waals surface area contributed by atoms with Gasteiger partial charge in [-0.15, -0.1) is 0 Å². The molecule has 0 radical (unpaired) electrons. The number of carboxylic acids is 1. The maximum atomic E-state index is 12.2. The van der Waals surface area contributed by atoms with Gasteiger partial charge in [-0.2, -0.15) is 0 Å². The van der Waals surface area contributed by atoms with E-state index in [-0.39, 0.29) is 17.7 Å². The predicted octanol–water partition coefficient (Wildman–Crippen LogP) is 3.51. The fourth-order valence-corrected chi connectivity index (χ4v) is 2.24. The summed E-state index contributed by atoms with van der Waals surface area (Å²) >= 11 is 0. The second-order valence-corrected chi connectivity index (χ2v) is 7.03. The molecule has 0 aromatic heterocycles. The molecule has 0 aliphatic rings. The van der Waals surface area contributed by atoms with Gasteiger partial charge in [-0.05, 0) is 57.7 Å². The molecule has 1 aromatic carbocycles. The number of amides is 2. The molecule has 1 aromatic rings. The van der Waals surface area contributed by atoms with Crippen LogP contribution in [0, 0.1) is 0 Å². The number of carbonyl (C=O) groups is 3. The van der Waals surface area contributed by atoms with E-state index >= 15 is 0 Å². The van der Waals surface area contributed by atoms with Gasteiger partial charge in [-0.3, -0.25) is 4.79 Å². The third-order valence-electron chi connectivity index (χ3n) is 3.46. The zero-order valence-electron chi connectivity index (χ0n) is 16.1. The molecule has 10 nitrogen and oxygen atoms in total. The summed E-state index contributed by atoms with van der Waals surface area (Å²) in [5.74, 6) is -1.73. The fraction of sp³-hybridized carbons (Fsp3) is 0.500. The molecule has 3 N–H and O–H groups in total. The van der Waals surface area contributed by atoms with Crippen LogP contribution in [0.3, 0.4) is 0 Å². The Kier molecular flexibility index (Phi) is 8.77. The number of carboxylic acid groups (broad SMARTS) is 1. The summed E-state index contributed by atoms with van der Waals surface area (Å²) in [5, 5.41) is 17.8. The molecule has 0 spiro atoms. The lowest BCUT2D eigenvalue weighted by Gasteiger charge is -2.19. The quantitative estimate of drug-likeness (QED) is 0.254. The Morgan fingerprint density at radius 1 is 1.29 bits per heavy atom. The van der Waals surface area contributed by atoms with E-state index in [0.717, 1.165) is 0 Å². The predicted molar refractivity (Wildman–Crippen MR) is 102 cm³/mol. The van der Waals surface area contributed by atoms with Gasteiger partial charge in [0.25, 0.3) is 5.91 Å². The third-order valence-corrected chi connectivity index (χ3v) is 3.46. The smallest absolute Gasteiger partial charge is 0.407 e. The second-order valence-electron chi connectivity index (χ2n) is 7.03. The first kappa shape index (κ1) is 22.8. The van der Waals surface area contributed by atoms with Crippen molar-refractivity contribution in [2.24, 2.45) is 5.11 Å².